The van der Waals surface area contributed by atoms with Crippen molar-refractivity contribution >= 4 is 11.0 Å². The minimum Gasteiger partial charge on any atom is -0.331 e. The van der Waals surface area contributed by atoms with Crippen molar-refractivity contribution in [2.24, 2.45) is 5.73 Å². The van der Waals surface area contributed by atoms with Crippen LogP contribution < -0.4 is 5.73 Å². The fourth-order valence-electron chi connectivity index (χ4n) is 4.83. The Kier molecular flexibility index (Phi) is 5.33. The molecule has 3 aromatic heterocycles. The second-order valence-corrected chi connectivity index (χ2v) is 9.12. The van der Waals surface area contributed by atoms with Gasteiger partial charge < -0.3 is 10.3 Å². The summed E-state index contributed by atoms with van der Waals surface area (Å²) >= 11 is 0. The van der Waals surface area contributed by atoms with E-state index < -0.39 is 0 Å². The summed E-state index contributed by atoms with van der Waals surface area (Å²) in [5, 5.41) is 4.97. The van der Waals surface area contributed by atoms with E-state index in [1.807, 2.05) is 19.3 Å². The Labute approximate surface area is 189 Å². The highest BCUT2D eigenvalue weighted by Gasteiger charge is 2.25. The molecule has 0 spiro atoms. The fourth-order valence-corrected chi connectivity index (χ4v) is 4.83. The maximum absolute atomic E-state index is 6.57. The number of pyridine rings is 1. The predicted octanol–water partition coefficient (Wildman–Crippen LogP) is 5.12. The third-order valence-electron chi connectivity index (χ3n) is 7.14. The molecule has 0 fully saturated rings. The molecule has 4 heterocycles. The number of fused-ring (bicyclic) bond motifs is 2. The van der Waals surface area contributed by atoms with Crippen LogP contribution in [-0.4, -0.2) is 29.9 Å². The molecule has 1 aliphatic rings. The molecule has 0 amide bonds. The first-order chi connectivity index (χ1) is 15.5. The highest BCUT2D eigenvalue weighted by molar-refractivity contribution is 5.88. The van der Waals surface area contributed by atoms with Crippen molar-refractivity contribution in [2.75, 3.05) is 0 Å². The second-order valence-electron chi connectivity index (χ2n) is 9.12. The Bertz CT molecular complexity index is 1260. The van der Waals surface area contributed by atoms with Crippen molar-refractivity contribution in [2.45, 2.75) is 71.5 Å². The average molecular weight is 429 g/mol. The van der Waals surface area contributed by atoms with E-state index in [1.165, 1.54) is 16.8 Å². The monoisotopic (exact) mass is 428 g/mol. The number of benzene rings is 1. The Morgan fingerprint density at radius 3 is 2.75 bits per heavy atom. The van der Waals surface area contributed by atoms with Crippen LogP contribution in [0.25, 0.3) is 33.5 Å². The average Bonchev–Trinajstić information content (AvgIpc) is 3.51. The summed E-state index contributed by atoms with van der Waals surface area (Å²) in [6.07, 6.45) is 7.05. The molecular weight excluding hydrogens is 396 g/mol. The number of nitrogens with two attached hydrogens (primary N) is 1. The number of aromatic nitrogens is 5. The van der Waals surface area contributed by atoms with E-state index >= 15 is 0 Å². The highest BCUT2D eigenvalue weighted by Crippen LogP contribution is 2.38. The molecule has 5 rings (SSSR count). The van der Waals surface area contributed by atoms with E-state index in [9.17, 15) is 0 Å². The van der Waals surface area contributed by atoms with Gasteiger partial charge in [0.05, 0.1) is 23.1 Å². The van der Waals surface area contributed by atoms with Crippen LogP contribution in [0.4, 0.5) is 0 Å². The molecule has 166 valence electrons. The first-order valence-electron chi connectivity index (χ1n) is 11.8. The van der Waals surface area contributed by atoms with Crippen LogP contribution in [0.1, 0.15) is 50.9 Å². The van der Waals surface area contributed by atoms with Crippen LogP contribution >= 0.6 is 0 Å². The first kappa shape index (κ1) is 20.9. The number of aryl methyl sites for hydroxylation is 3. The number of hydrogen-bond acceptors (Lipinski definition) is 4. The molecule has 6 heteroatoms. The zero-order valence-corrected chi connectivity index (χ0v) is 19.3. The van der Waals surface area contributed by atoms with Crippen molar-refractivity contribution in [3.8, 4) is 22.5 Å². The van der Waals surface area contributed by atoms with Crippen molar-refractivity contribution in [3.63, 3.8) is 0 Å². The van der Waals surface area contributed by atoms with Gasteiger partial charge in [-0.1, -0.05) is 26.0 Å². The molecule has 0 aliphatic carbocycles. The normalized spacial score (nSPS) is 13.8. The van der Waals surface area contributed by atoms with Gasteiger partial charge in [-0.25, -0.2) is 4.98 Å². The molecule has 0 atom stereocenters. The molecule has 0 radical (unpaired) electrons. The maximum atomic E-state index is 6.57. The van der Waals surface area contributed by atoms with Crippen LogP contribution in [0.15, 0.2) is 42.7 Å². The molecule has 2 N–H and O–H groups in total. The third kappa shape index (κ3) is 3.62. The minimum absolute atomic E-state index is 0.120. The van der Waals surface area contributed by atoms with Gasteiger partial charge in [0, 0.05) is 35.6 Å². The maximum Gasteiger partial charge on any atom is 0.119 e. The molecule has 1 aliphatic heterocycles. The van der Waals surface area contributed by atoms with Crippen LogP contribution in [0.2, 0.25) is 0 Å². The zero-order valence-electron chi connectivity index (χ0n) is 19.3. The van der Waals surface area contributed by atoms with E-state index in [0.29, 0.717) is 0 Å². The molecule has 0 bridgehead atoms. The van der Waals surface area contributed by atoms with E-state index in [4.69, 9.17) is 15.8 Å². The lowest BCUT2D eigenvalue weighted by molar-refractivity contribution is 0.347. The van der Waals surface area contributed by atoms with Gasteiger partial charge in [-0.05, 0) is 68.9 Å². The van der Waals surface area contributed by atoms with Gasteiger partial charge in [0.15, 0.2) is 0 Å². The van der Waals surface area contributed by atoms with Crippen LogP contribution in [-0.2, 0) is 19.5 Å². The topological polar surface area (TPSA) is 74.6 Å². The first-order valence-corrected chi connectivity index (χ1v) is 11.8. The number of imidazole rings is 1. The Morgan fingerprint density at radius 2 is 1.97 bits per heavy atom. The van der Waals surface area contributed by atoms with Crippen molar-refractivity contribution < 1.29 is 0 Å². The highest BCUT2D eigenvalue weighted by atomic mass is 15.3. The SMILES string of the molecule is CCC(N)(CC)CCn1cnc2ccc(-c3c(-c4cccc(C)n4)nn4c3CCC4)cc21. The molecule has 1 aromatic carbocycles. The Hall–Kier alpha value is -2.99. The van der Waals surface area contributed by atoms with Crippen molar-refractivity contribution in [1.82, 2.24) is 24.3 Å². The van der Waals surface area contributed by atoms with E-state index in [2.05, 4.69) is 58.4 Å². The van der Waals surface area contributed by atoms with Crippen LogP contribution in [0.5, 0.6) is 0 Å². The van der Waals surface area contributed by atoms with Gasteiger partial charge in [-0.3, -0.25) is 9.67 Å². The summed E-state index contributed by atoms with van der Waals surface area (Å²) in [5.41, 5.74) is 15.3. The standard InChI is InChI=1S/C26H32N6/c1-4-26(27,5-2)13-15-31-17-28-20-12-11-19(16-23(20)31)24-22-10-7-14-32(22)30-25(24)21-9-6-8-18(3)29-21/h6,8-9,11-12,16-17H,4-5,7,10,13-15,27H2,1-3H3. The van der Waals surface area contributed by atoms with Gasteiger partial charge in [-0.2, -0.15) is 5.10 Å². The molecule has 6 nitrogen and oxygen atoms in total. The fraction of sp³-hybridized carbons (Fsp3) is 0.423. The van der Waals surface area contributed by atoms with E-state index in [-0.39, 0.29) is 5.54 Å². The third-order valence-corrected chi connectivity index (χ3v) is 7.14. The van der Waals surface area contributed by atoms with Gasteiger partial charge in [0.25, 0.3) is 0 Å². The molecule has 0 saturated carbocycles. The summed E-state index contributed by atoms with van der Waals surface area (Å²) < 4.78 is 4.42. The summed E-state index contributed by atoms with van der Waals surface area (Å²) in [6, 6.07) is 12.7. The molecule has 0 saturated heterocycles. The van der Waals surface area contributed by atoms with Gasteiger partial charge in [0.1, 0.15) is 5.69 Å². The number of hydrogen-bond donors (Lipinski definition) is 1. The molecule has 4 aromatic rings. The summed E-state index contributed by atoms with van der Waals surface area (Å²) in [6.45, 7) is 8.23. The zero-order chi connectivity index (χ0) is 22.3. The van der Waals surface area contributed by atoms with Crippen LogP contribution in [0, 0.1) is 6.92 Å². The van der Waals surface area contributed by atoms with E-state index in [1.54, 1.807) is 0 Å². The van der Waals surface area contributed by atoms with E-state index in [0.717, 1.165) is 73.3 Å². The van der Waals surface area contributed by atoms with Gasteiger partial charge in [-0.15, -0.1) is 0 Å². The Balaban J connectivity index is 1.58. The predicted molar refractivity (Wildman–Crippen MR) is 129 cm³/mol. The summed E-state index contributed by atoms with van der Waals surface area (Å²) in [4.78, 5) is 9.43. The summed E-state index contributed by atoms with van der Waals surface area (Å²) in [5.74, 6) is 0. The quantitative estimate of drug-likeness (QED) is 0.443. The van der Waals surface area contributed by atoms with Crippen LogP contribution in [0.3, 0.4) is 0 Å². The lowest BCUT2D eigenvalue weighted by atomic mass is 9.90. The van der Waals surface area contributed by atoms with Gasteiger partial charge in [0.2, 0.25) is 0 Å². The summed E-state index contributed by atoms with van der Waals surface area (Å²) in [7, 11) is 0. The number of rotatable bonds is 7. The van der Waals surface area contributed by atoms with Gasteiger partial charge >= 0.3 is 0 Å². The van der Waals surface area contributed by atoms with Crippen molar-refractivity contribution in [3.05, 3.63) is 54.1 Å². The second kappa shape index (κ2) is 8.17. The lowest BCUT2D eigenvalue weighted by Crippen LogP contribution is -2.39. The smallest absolute Gasteiger partial charge is 0.119 e. The molecular formula is C26H32N6. The lowest BCUT2D eigenvalue weighted by Gasteiger charge is -2.26. The minimum atomic E-state index is -0.120. The number of nitrogens with zero attached hydrogens (tertiary/aromatic N) is 5. The molecule has 32 heavy (non-hydrogen) atoms. The van der Waals surface area contributed by atoms with Crippen molar-refractivity contribution in [1.29, 1.82) is 0 Å². The largest absolute Gasteiger partial charge is 0.331 e. The Morgan fingerprint density at radius 1 is 1.12 bits per heavy atom. The molecule has 0 unspecified atom stereocenters.